The fraction of sp³-hybridized carbons (Fsp3) is 0.111. The van der Waals surface area contributed by atoms with Crippen molar-refractivity contribution < 1.29 is 9.90 Å². The average molecular weight is 240 g/mol. The molecule has 2 rings (SSSR count). The third-order valence-electron chi connectivity index (χ3n) is 2.77. The molecule has 0 radical (unpaired) electrons. The summed E-state index contributed by atoms with van der Waals surface area (Å²) in [6.07, 6.45) is 0. The maximum absolute atomic E-state index is 11.0. The first kappa shape index (κ1) is 12.4. The lowest BCUT2D eigenvalue weighted by Crippen LogP contribution is -2.33. The lowest BCUT2D eigenvalue weighted by molar-refractivity contribution is 0.0690. The zero-order chi connectivity index (χ0) is 13.4. The van der Waals surface area contributed by atoms with Crippen molar-refractivity contribution in [2.75, 3.05) is 0 Å². The fourth-order valence-electron chi connectivity index (χ4n) is 1.84. The maximum atomic E-state index is 11.0. The van der Waals surface area contributed by atoms with Crippen molar-refractivity contribution in [3.05, 3.63) is 17.5 Å². The molecule has 0 aromatic carbocycles. The number of carboxylic acids is 1. The molecule has 0 unspecified atom stereocenters. The lowest BCUT2D eigenvalue weighted by atomic mass is 9.91. The van der Waals surface area contributed by atoms with Crippen LogP contribution in [0.2, 0.25) is 0 Å². The summed E-state index contributed by atoms with van der Waals surface area (Å²) < 4.78 is 1.76. The second kappa shape index (κ2) is 4.32. The molecular formula is C9H11B3N4O2. The van der Waals surface area contributed by atoms with Crippen molar-refractivity contribution in [2.24, 2.45) is 0 Å². The van der Waals surface area contributed by atoms with Gasteiger partial charge in [0.1, 0.15) is 0 Å². The van der Waals surface area contributed by atoms with E-state index in [1.807, 2.05) is 23.5 Å². The van der Waals surface area contributed by atoms with E-state index in [1.165, 1.54) is 6.07 Å². The Morgan fingerprint density at radius 2 is 1.94 bits per heavy atom. The van der Waals surface area contributed by atoms with E-state index in [1.54, 1.807) is 11.5 Å². The molecule has 2 heterocycles. The Hall–Kier alpha value is -2.05. The van der Waals surface area contributed by atoms with Gasteiger partial charge in [0.2, 0.25) is 5.95 Å². The van der Waals surface area contributed by atoms with Crippen LogP contribution in [0.1, 0.15) is 16.2 Å². The largest absolute Gasteiger partial charge is 0.477 e. The summed E-state index contributed by atoms with van der Waals surface area (Å²) >= 11 is 0. The quantitative estimate of drug-likeness (QED) is 0.534. The number of carboxylic acid groups (broad SMARTS) is 1. The molecule has 0 saturated carbocycles. The van der Waals surface area contributed by atoms with Gasteiger partial charge in [-0.25, -0.2) is 14.8 Å². The molecular weight excluding hydrogens is 229 g/mol. The minimum atomic E-state index is -1.06. The van der Waals surface area contributed by atoms with Crippen LogP contribution in [0.4, 0.5) is 0 Å². The third kappa shape index (κ3) is 2.03. The van der Waals surface area contributed by atoms with Crippen LogP contribution in [-0.4, -0.2) is 54.1 Å². The predicted molar refractivity (Wildman–Crippen MR) is 75.4 cm³/mol. The zero-order valence-corrected chi connectivity index (χ0v) is 10.7. The summed E-state index contributed by atoms with van der Waals surface area (Å²) in [4.78, 5) is 23.6. The number of hydrogen-bond acceptors (Lipinski definition) is 4. The standard InChI is InChI=1S/C9H11B3N4O2/c1-3-2-4(7(17)18)14-9(13-3)16-6(11)5(10)15-8(16)12/h2H,10-12H2,1H3,(H,17,18). The highest BCUT2D eigenvalue weighted by Crippen LogP contribution is 2.03. The first-order chi connectivity index (χ1) is 8.40. The number of carbonyl (C=O) groups is 1. The van der Waals surface area contributed by atoms with E-state index in [0.29, 0.717) is 11.6 Å². The maximum Gasteiger partial charge on any atom is 0.354 e. The van der Waals surface area contributed by atoms with Gasteiger partial charge < -0.3 is 5.11 Å². The van der Waals surface area contributed by atoms with E-state index in [2.05, 4.69) is 15.0 Å². The summed E-state index contributed by atoms with van der Waals surface area (Å²) in [5.41, 5.74) is 3.14. The van der Waals surface area contributed by atoms with Crippen LogP contribution >= 0.6 is 0 Å². The smallest absolute Gasteiger partial charge is 0.354 e. The molecule has 88 valence electrons. The van der Waals surface area contributed by atoms with Gasteiger partial charge in [0.05, 0.1) is 5.72 Å². The van der Waals surface area contributed by atoms with Crippen molar-refractivity contribution in [3.63, 3.8) is 0 Å². The van der Waals surface area contributed by atoms with E-state index in [9.17, 15) is 4.79 Å². The summed E-state index contributed by atoms with van der Waals surface area (Å²) in [6, 6.07) is 1.44. The van der Waals surface area contributed by atoms with Gasteiger partial charge in [-0.15, -0.1) is 0 Å². The Bertz CT molecular complexity index is 641. The minimum Gasteiger partial charge on any atom is -0.477 e. The highest BCUT2D eigenvalue weighted by molar-refractivity contribution is 6.48. The molecule has 0 bridgehead atoms. The number of rotatable bonds is 2. The van der Waals surface area contributed by atoms with Gasteiger partial charge in [0.25, 0.3) is 0 Å². The Kier molecular flexibility index (Phi) is 2.98. The first-order valence-electron chi connectivity index (χ1n) is 5.52. The molecule has 0 aliphatic carbocycles. The number of imidazole rings is 1. The van der Waals surface area contributed by atoms with Gasteiger partial charge >= 0.3 is 5.97 Å². The predicted octanol–water partition coefficient (Wildman–Crippen LogP) is -4.56. The average Bonchev–Trinajstić information content (AvgIpc) is 2.52. The van der Waals surface area contributed by atoms with Gasteiger partial charge in [-0.3, -0.25) is 9.55 Å². The van der Waals surface area contributed by atoms with Crippen LogP contribution < -0.4 is 16.9 Å². The van der Waals surface area contributed by atoms with E-state index < -0.39 is 5.97 Å². The second-order valence-corrected chi connectivity index (χ2v) is 4.16. The Morgan fingerprint density at radius 3 is 2.44 bits per heavy atom. The van der Waals surface area contributed by atoms with E-state index in [0.717, 1.165) is 16.9 Å². The first-order valence-corrected chi connectivity index (χ1v) is 5.52. The highest BCUT2D eigenvalue weighted by atomic mass is 16.4. The summed E-state index contributed by atoms with van der Waals surface area (Å²) in [7, 11) is 5.64. The molecule has 9 heteroatoms. The van der Waals surface area contributed by atoms with E-state index in [-0.39, 0.29) is 5.69 Å². The normalized spacial score (nSPS) is 10.5. The lowest BCUT2D eigenvalue weighted by Gasteiger charge is -2.08. The molecule has 2 aromatic rings. The molecule has 0 aliphatic rings. The van der Waals surface area contributed by atoms with E-state index in [4.69, 9.17) is 5.11 Å². The molecule has 0 saturated heterocycles. The Balaban J connectivity index is 2.67. The highest BCUT2D eigenvalue weighted by Gasteiger charge is 2.14. The van der Waals surface area contributed by atoms with Crippen LogP contribution in [0.5, 0.6) is 0 Å². The number of aromatic nitrogens is 4. The summed E-state index contributed by atoms with van der Waals surface area (Å²) in [5.74, 6) is -0.711. The van der Waals surface area contributed by atoms with Crippen molar-refractivity contribution in [1.82, 2.24) is 19.5 Å². The van der Waals surface area contributed by atoms with Crippen LogP contribution in [-0.2, 0) is 0 Å². The van der Waals surface area contributed by atoms with Crippen LogP contribution in [0.3, 0.4) is 0 Å². The molecule has 18 heavy (non-hydrogen) atoms. The second-order valence-electron chi connectivity index (χ2n) is 4.16. The molecule has 0 spiro atoms. The van der Waals surface area contributed by atoms with Crippen molar-refractivity contribution in [2.45, 2.75) is 6.92 Å². The number of aromatic carboxylic acids is 1. The molecule has 0 fully saturated rings. The van der Waals surface area contributed by atoms with Gasteiger partial charge in [-0.1, -0.05) is 0 Å². The van der Waals surface area contributed by atoms with Crippen molar-refractivity contribution in [1.29, 1.82) is 0 Å². The number of hydrogen-bond donors (Lipinski definition) is 1. The molecule has 6 nitrogen and oxygen atoms in total. The van der Waals surface area contributed by atoms with Crippen molar-refractivity contribution in [3.8, 4) is 5.95 Å². The molecule has 0 aliphatic heterocycles. The molecule has 1 N–H and O–H groups in total. The molecule has 0 amide bonds. The molecule has 2 aromatic heterocycles. The SMILES string of the molecule is Bc1nc(B)n(-c2nc(C)cc(C(=O)O)n2)c1B. The van der Waals surface area contributed by atoms with Crippen molar-refractivity contribution >= 4 is 46.4 Å². The van der Waals surface area contributed by atoms with Gasteiger partial charge in [-0.05, 0) is 18.6 Å². The monoisotopic (exact) mass is 240 g/mol. The van der Waals surface area contributed by atoms with Crippen LogP contribution in [0, 0.1) is 6.92 Å². The topological polar surface area (TPSA) is 80.9 Å². The summed E-state index contributed by atoms with van der Waals surface area (Å²) in [6.45, 7) is 1.74. The third-order valence-corrected chi connectivity index (χ3v) is 2.77. The number of nitrogens with zero attached hydrogens (tertiary/aromatic N) is 4. The number of aryl methyl sites for hydroxylation is 1. The van der Waals surface area contributed by atoms with E-state index >= 15 is 0 Å². The van der Waals surface area contributed by atoms with Gasteiger partial charge in [-0.2, -0.15) is 0 Å². The fourth-order valence-corrected chi connectivity index (χ4v) is 1.84. The van der Waals surface area contributed by atoms with Crippen LogP contribution in [0.25, 0.3) is 5.95 Å². The van der Waals surface area contributed by atoms with Crippen LogP contribution in [0.15, 0.2) is 6.07 Å². The summed E-state index contributed by atoms with van der Waals surface area (Å²) in [5, 5.41) is 9.01. The Morgan fingerprint density at radius 1 is 1.28 bits per heavy atom. The molecule has 0 atom stereocenters. The zero-order valence-electron chi connectivity index (χ0n) is 10.7. The Labute approximate surface area is 107 Å². The minimum absolute atomic E-state index is 0.0114. The van der Waals surface area contributed by atoms with Gasteiger partial charge in [0, 0.05) is 11.3 Å². The van der Waals surface area contributed by atoms with Gasteiger partial charge in [0.15, 0.2) is 29.2 Å².